The number of morpholine rings is 1. The van der Waals surface area contributed by atoms with E-state index in [4.69, 9.17) is 14.2 Å². The summed E-state index contributed by atoms with van der Waals surface area (Å²) in [6.45, 7) is 4.34. The van der Waals surface area contributed by atoms with E-state index in [2.05, 4.69) is 29.2 Å². The van der Waals surface area contributed by atoms with Gasteiger partial charge in [0.15, 0.2) is 0 Å². The molecule has 0 radical (unpaired) electrons. The van der Waals surface area contributed by atoms with Crippen LogP contribution in [-0.4, -0.2) is 57.9 Å². The van der Waals surface area contributed by atoms with Gasteiger partial charge in [0.2, 0.25) is 5.91 Å². The lowest BCUT2D eigenvalue weighted by Gasteiger charge is -2.29. The Balaban J connectivity index is 1.42. The van der Waals surface area contributed by atoms with Gasteiger partial charge in [0, 0.05) is 32.4 Å². The number of carbonyl (C=O) groups excluding carboxylic acids is 1. The summed E-state index contributed by atoms with van der Waals surface area (Å²) in [7, 11) is 3.45. The van der Waals surface area contributed by atoms with Crippen LogP contribution in [0.5, 0.6) is 11.5 Å². The maximum Gasteiger partial charge on any atom is 0.226 e. The highest BCUT2D eigenvalue weighted by Crippen LogP contribution is 2.18. The van der Waals surface area contributed by atoms with Gasteiger partial charge < -0.3 is 24.0 Å². The van der Waals surface area contributed by atoms with E-state index in [1.165, 1.54) is 5.69 Å². The molecule has 28 heavy (non-hydrogen) atoms. The normalized spacial score (nSPS) is 13.9. The van der Waals surface area contributed by atoms with Gasteiger partial charge >= 0.3 is 0 Å². The van der Waals surface area contributed by atoms with Crippen LogP contribution < -0.4 is 14.4 Å². The lowest BCUT2D eigenvalue weighted by atomic mass is 10.1. The largest absolute Gasteiger partial charge is 0.497 e. The number of hydrogen-bond donors (Lipinski definition) is 0. The lowest BCUT2D eigenvalue weighted by molar-refractivity contribution is -0.130. The predicted molar refractivity (Wildman–Crippen MR) is 109 cm³/mol. The Bertz CT molecular complexity index is 740. The molecule has 1 amide bonds. The topological polar surface area (TPSA) is 51.2 Å². The molecule has 1 aliphatic rings. The second kappa shape index (κ2) is 9.99. The zero-order chi connectivity index (χ0) is 19.8. The SMILES string of the molecule is COc1ccc(OCCC(=O)N(C)Cc2ccc(N3CCOCC3)cc2)cc1. The number of methoxy groups -OCH3 is 1. The second-order valence-corrected chi connectivity index (χ2v) is 6.79. The van der Waals surface area contributed by atoms with Gasteiger partial charge in [0.25, 0.3) is 0 Å². The van der Waals surface area contributed by atoms with Crippen LogP contribution in [0.3, 0.4) is 0 Å². The summed E-state index contributed by atoms with van der Waals surface area (Å²) in [6, 6.07) is 15.8. The third kappa shape index (κ3) is 5.63. The van der Waals surface area contributed by atoms with Gasteiger partial charge in [-0.05, 0) is 42.0 Å². The molecule has 0 aromatic heterocycles. The number of amides is 1. The molecule has 1 heterocycles. The molecule has 2 aromatic rings. The number of hydrogen-bond acceptors (Lipinski definition) is 5. The molecule has 6 heteroatoms. The first-order valence-electron chi connectivity index (χ1n) is 9.58. The van der Waals surface area contributed by atoms with Gasteiger partial charge in [-0.3, -0.25) is 4.79 Å². The van der Waals surface area contributed by atoms with Gasteiger partial charge in [-0.25, -0.2) is 0 Å². The van der Waals surface area contributed by atoms with Gasteiger partial charge in [0.1, 0.15) is 11.5 Å². The molecule has 0 unspecified atom stereocenters. The molecule has 0 bridgehead atoms. The Labute approximate surface area is 166 Å². The molecule has 0 saturated carbocycles. The average Bonchev–Trinajstić information content (AvgIpc) is 2.75. The minimum absolute atomic E-state index is 0.0609. The Morgan fingerprint density at radius 3 is 2.32 bits per heavy atom. The number of carbonyl (C=O) groups is 1. The van der Waals surface area contributed by atoms with E-state index in [1.54, 1.807) is 12.0 Å². The van der Waals surface area contributed by atoms with Crippen LogP contribution in [0.2, 0.25) is 0 Å². The van der Waals surface area contributed by atoms with E-state index < -0.39 is 0 Å². The number of benzene rings is 2. The fourth-order valence-corrected chi connectivity index (χ4v) is 3.11. The first kappa shape index (κ1) is 20.0. The Kier molecular flexibility index (Phi) is 7.14. The van der Waals surface area contributed by atoms with Crippen molar-refractivity contribution in [3.8, 4) is 11.5 Å². The molecular weight excluding hydrogens is 356 g/mol. The fraction of sp³-hybridized carbons (Fsp3) is 0.409. The van der Waals surface area contributed by atoms with Crippen molar-refractivity contribution in [2.75, 3.05) is 52.0 Å². The molecule has 0 aliphatic carbocycles. The Morgan fingerprint density at radius 1 is 1.04 bits per heavy atom. The summed E-state index contributed by atoms with van der Waals surface area (Å²) in [5.74, 6) is 1.57. The summed E-state index contributed by atoms with van der Waals surface area (Å²) >= 11 is 0. The van der Waals surface area contributed by atoms with Crippen molar-refractivity contribution in [2.45, 2.75) is 13.0 Å². The van der Waals surface area contributed by atoms with Crippen molar-refractivity contribution in [3.05, 3.63) is 54.1 Å². The Morgan fingerprint density at radius 2 is 1.68 bits per heavy atom. The molecule has 1 saturated heterocycles. The first-order valence-corrected chi connectivity index (χ1v) is 9.58. The van der Waals surface area contributed by atoms with E-state index in [-0.39, 0.29) is 5.91 Å². The van der Waals surface area contributed by atoms with Crippen LogP contribution in [0, 0.1) is 0 Å². The van der Waals surface area contributed by atoms with Crippen LogP contribution in [0.4, 0.5) is 5.69 Å². The molecule has 0 spiro atoms. The maximum atomic E-state index is 12.4. The van der Waals surface area contributed by atoms with Crippen LogP contribution in [0.1, 0.15) is 12.0 Å². The number of rotatable bonds is 8. The monoisotopic (exact) mass is 384 g/mol. The van der Waals surface area contributed by atoms with Crippen molar-refractivity contribution >= 4 is 11.6 Å². The van der Waals surface area contributed by atoms with Crippen LogP contribution >= 0.6 is 0 Å². The minimum Gasteiger partial charge on any atom is -0.497 e. The van der Waals surface area contributed by atoms with Crippen molar-refractivity contribution in [3.63, 3.8) is 0 Å². The van der Waals surface area contributed by atoms with E-state index in [0.29, 0.717) is 19.6 Å². The fourth-order valence-electron chi connectivity index (χ4n) is 3.11. The Hall–Kier alpha value is -2.73. The summed E-state index contributed by atoms with van der Waals surface area (Å²) in [5.41, 5.74) is 2.32. The standard InChI is InChI=1S/C22H28N2O4/c1-23(22(25)11-14-28-21-9-7-20(26-2)8-10-21)17-18-3-5-19(6-4-18)24-12-15-27-16-13-24/h3-10H,11-17H2,1-2H3. The molecule has 3 rings (SSSR count). The van der Waals surface area contributed by atoms with Gasteiger partial charge in [-0.1, -0.05) is 12.1 Å². The highest BCUT2D eigenvalue weighted by Gasteiger charge is 2.12. The third-order valence-electron chi connectivity index (χ3n) is 4.80. The van der Waals surface area contributed by atoms with Crippen LogP contribution in [0.25, 0.3) is 0 Å². The molecule has 1 aliphatic heterocycles. The molecule has 1 fully saturated rings. The summed E-state index contributed by atoms with van der Waals surface area (Å²) in [4.78, 5) is 16.4. The average molecular weight is 384 g/mol. The van der Waals surface area contributed by atoms with Crippen molar-refractivity contribution in [1.29, 1.82) is 0 Å². The summed E-state index contributed by atoms with van der Waals surface area (Å²) in [6.07, 6.45) is 0.342. The number of ether oxygens (including phenoxy) is 3. The van der Waals surface area contributed by atoms with Gasteiger partial charge in [0.05, 0.1) is 33.4 Å². The van der Waals surface area contributed by atoms with E-state index >= 15 is 0 Å². The zero-order valence-electron chi connectivity index (χ0n) is 16.6. The number of anilines is 1. The summed E-state index contributed by atoms with van der Waals surface area (Å²) < 4.78 is 16.2. The predicted octanol–water partition coefficient (Wildman–Crippen LogP) is 2.96. The molecule has 150 valence electrons. The molecular formula is C22H28N2O4. The smallest absolute Gasteiger partial charge is 0.226 e. The van der Waals surface area contributed by atoms with Crippen molar-refractivity contribution in [2.24, 2.45) is 0 Å². The van der Waals surface area contributed by atoms with Crippen molar-refractivity contribution < 1.29 is 19.0 Å². The lowest BCUT2D eigenvalue weighted by Crippen LogP contribution is -2.36. The third-order valence-corrected chi connectivity index (χ3v) is 4.80. The second-order valence-electron chi connectivity index (χ2n) is 6.79. The quantitative estimate of drug-likeness (QED) is 0.700. The molecule has 2 aromatic carbocycles. The summed E-state index contributed by atoms with van der Waals surface area (Å²) in [5, 5.41) is 0. The van der Waals surface area contributed by atoms with Gasteiger partial charge in [-0.2, -0.15) is 0 Å². The first-order chi connectivity index (χ1) is 13.7. The number of nitrogens with zero attached hydrogens (tertiary/aromatic N) is 2. The zero-order valence-corrected chi connectivity index (χ0v) is 16.6. The minimum atomic E-state index is 0.0609. The highest BCUT2D eigenvalue weighted by atomic mass is 16.5. The highest BCUT2D eigenvalue weighted by molar-refractivity contribution is 5.76. The van der Waals surface area contributed by atoms with E-state index in [1.807, 2.05) is 31.3 Å². The molecule has 6 nitrogen and oxygen atoms in total. The van der Waals surface area contributed by atoms with Gasteiger partial charge in [-0.15, -0.1) is 0 Å². The van der Waals surface area contributed by atoms with E-state index in [0.717, 1.165) is 43.4 Å². The maximum absolute atomic E-state index is 12.4. The van der Waals surface area contributed by atoms with E-state index in [9.17, 15) is 4.79 Å². The van der Waals surface area contributed by atoms with Crippen molar-refractivity contribution in [1.82, 2.24) is 4.90 Å². The van der Waals surface area contributed by atoms with Crippen LogP contribution in [-0.2, 0) is 16.1 Å². The molecule has 0 atom stereocenters. The van der Waals surface area contributed by atoms with Crippen LogP contribution in [0.15, 0.2) is 48.5 Å². The molecule has 0 N–H and O–H groups in total.